The molecule has 1 aliphatic heterocycles. The van der Waals surface area contributed by atoms with Crippen molar-refractivity contribution in [3.8, 4) is 17.0 Å². The van der Waals surface area contributed by atoms with Crippen LogP contribution in [-0.2, 0) is 4.74 Å². The van der Waals surface area contributed by atoms with Crippen molar-refractivity contribution in [1.29, 1.82) is 0 Å². The van der Waals surface area contributed by atoms with Crippen molar-refractivity contribution in [2.24, 2.45) is 0 Å². The summed E-state index contributed by atoms with van der Waals surface area (Å²) in [5.41, 5.74) is 5.04. The molecule has 2 saturated carbocycles. The van der Waals surface area contributed by atoms with Crippen LogP contribution in [0.2, 0.25) is 0 Å². The zero-order chi connectivity index (χ0) is 21.9. The maximum absolute atomic E-state index is 11.4. The van der Waals surface area contributed by atoms with Gasteiger partial charge in [-0.3, -0.25) is 4.79 Å². The van der Waals surface area contributed by atoms with E-state index < -0.39 is 0 Å². The fraction of sp³-hybridized carbons (Fsp3) is 0.560. The molecule has 0 amide bonds. The highest BCUT2D eigenvalue weighted by Gasteiger charge is 2.39. The van der Waals surface area contributed by atoms with Gasteiger partial charge in [-0.2, -0.15) is 0 Å². The van der Waals surface area contributed by atoms with Gasteiger partial charge in [-0.1, -0.05) is 6.07 Å². The SMILES string of the molecule is CCOCOc1cc(C=O)ccc1-c1nnc(N[C@@H]2CCCNC2)c(C2CC2)c1C1CC1. The second-order valence-electron chi connectivity index (χ2n) is 9.09. The molecular formula is C25H32N4O3. The van der Waals surface area contributed by atoms with Gasteiger partial charge in [0, 0.05) is 35.9 Å². The molecule has 3 aliphatic rings. The number of carbonyl (C=O) groups excluding carboxylic acids is 1. The minimum Gasteiger partial charge on any atom is -0.467 e. The van der Waals surface area contributed by atoms with E-state index in [9.17, 15) is 4.79 Å². The molecule has 0 spiro atoms. The third-order valence-electron chi connectivity index (χ3n) is 6.56. The Balaban J connectivity index is 1.56. The third-order valence-corrected chi connectivity index (χ3v) is 6.56. The quantitative estimate of drug-likeness (QED) is 0.327. The van der Waals surface area contributed by atoms with Gasteiger partial charge in [0.25, 0.3) is 0 Å². The molecule has 7 nitrogen and oxygen atoms in total. The second kappa shape index (κ2) is 9.55. The van der Waals surface area contributed by atoms with E-state index in [0.29, 0.717) is 35.8 Å². The number of carbonyl (C=O) groups is 1. The van der Waals surface area contributed by atoms with E-state index >= 15 is 0 Å². The van der Waals surface area contributed by atoms with E-state index in [1.165, 1.54) is 43.2 Å². The summed E-state index contributed by atoms with van der Waals surface area (Å²) in [6, 6.07) is 5.93. The van der Waals surface area contributed by atoms with Crippen LogP contribution in [0.3, 0.4) is 0 Å². The Bertz CT molecular complexity index is 966. The van der Waals surface area contributed by atoms with Crippen LogP contribution in [0.5, 0.6) is 5.75 Å². The van der Waals surface area contributed by atoms with Crippen molar-refractivity contribution in [2.75, 3.05) is 31.8 Å². The van der Waals surface area contributed by atoms with E-state index in [1.807, 2.05) is 19.1 Å². The van der Waals surface area contributed by atoms with Crippen molar-refractivity contribution >= 4 is 12.1 Å². The minimum atomic E-state index is 0.141. The Labute approximate surface area is 189 Å². The molecule has 7 heteroatoms. The number of ether oxygens (including phenoxy) is 2. The highest BCUT2D eigenvalue weighted by atomic mass is 16.7. The molecule has 0 bridgehead atoms. The lowest BCUT2D eigenvalue weighted by molar-refractivity contribution is 0.0227. The summed E-state index contributed by atoms with van der Waals surface area (Å²) in [5.74, 6) is 2.67. The number of piperidine rings is 1. The van der Waals surface area contributed by atoms with Crippen LogP contribution in [0.25, 0.3) is 11.3 Å². The van der Waals surface area contributed by atoms with Crippen LogP contribution in [0.15, 0.2) is 18.2 Å². The highest BCUT2D eigenvalue weighted by Crippen LogP contribution is 2.54. The summed E-state index contributed by atoms with van der Waals surface area (Å²) in [6.07, 6.45) is 7.96. The Kier molecular flexibility index (Phi) is 6.37. The number of hydrogen-bond donors (Lipinski definition) is 2. The summed E-state index contributed by atoms with van der Waals surface area (Å²) in [6.45, 7) is 4.69. The van der Waals surface area contributed by atoms with Gasteiger partial charge in [0.05, 0.1) is 0 Å². The summed E-state index contributed by atoms with van der Waals surface area (Å²) >= 11 is 0. The van der Waals surface area contributed by atoms with Crippen LogP contribution < -0.4 is 15.4 Å². The number of nitrogens with one attached hydrogen (secondary N) is 2. The summed E-state index contributed by atoms with van der Waals surface area (Å²) in [7, 11) is 0. The largest absolute Gasteiger partial charge is 0.467 e. The van der Waals surface area contributed by atoms with Gasteiger partial charge in [0.15, 0.2) is 12.6 Å². The minimum absolute atomic E-state index is 0.141. The van der Waals surface area contributed by atoms with Crippen LogP contribution in [-0.4, -0.2) is 49.0 Å². The van der Waals surface area contributed by atoms with Gasteiger partial charge in [0.2, 0.25) is 0 Å². The summed E-state index contributed by atoms with van der Waals surface area (Å²) in [4.78, 5) is 11.4. The van der Waals surface area contributed by atoms with Crippen LogP contribution >= 0.6 is 0 Å². The maximum atomic E-state index is 11.4. The Morgan fingerprint density at radius 3 is 2.62 bits per heavy atom. The van der Waals surface area contributed by atoms with Gasteiger partial charge in [0.1, 0.15) is 17.7 Å². The summed E-state index contributed by atoms with van der Waals surface area (Å²) < 4.78 is 11.3. The Morgan fingerprint density at radius 1 is 1.12 bits per heavy atom. The number of aldehydes is 1. The molecule has 2 heterocycles. The molecule has 3 fully saturated rings. The topological polar surface area (TPSA) is 85.4 Å². The van der Waals surface area contributed by atoms with E-state index in [2.05, 4.69) is 10.6 Å². The average molecular weight is 437 g/mol. The first-order valence-electron chi connectivity index (χ1n) is 12.0. The molecule has 170 valence electrons. The molecule has 2 aliphatic carbocycles. The van der Waals surface area contributed by atoms with Crippen molar-refractivity contribution in [1.82, 2.24) is 15.5 Å². The number of anilines is 1. The first kappa shape index (κ1) is 21.3. The first-order valence-corrected chi connectivity index (χ1v) is 12.0. The number of nitrogens with zero attached hydrogens (tertiary/aromatic N) is 2. The van der Waals surface area contributed by atoms with Gasteiger partial charge < -0.3 is 20.1 Å². The lowest BCUT2D eigenvalue weighted by atomic mass is 9.94. The molecule has 1 aromatic heterocycles. The standard InChI is InChI=1S/C25H32N4O3/c1-2-31-15-32-21-12-16(14-30)5-10-20(21)24-22(17-6-7-17)23(18-8-9-18)25(29-28-24)27-19-4-3-11-26-13-19/h5,10,12,14,17-19,26H,2-4,6-9,11,13,15H2,1H3,(H,27,29)/t19-/m1/s1. The van der Waals surface area contributed by atoms with Gasteiger partial charge >= 0.3 is 0 Å². The van der Waals surface area contributed by atoms with Gasteiger partial charge in [-0.05, 0) is 81.5 Å². The highest BCUT2D eigenvalue weighted by molar-refractivity contribution is 5.81. The molecule has 0 unspecified atom stereocenters. The fourth-order valence-corrected chi connectivity index (χ4v) is 4.62. The smallest absolute Gasteiger partial charge is 0.189 e. The van der Waals surface area contributed by atoms with Crippen molar-refractivity contribution in [3.05, 3.63) is 34.9 Å². The molecule has 1 aromatic carbocycles. The van der Waals surface area contributed by atoms with Crippen LogP contribution in [0.1, 0.15) is 78.8 Å². The maximum Gasteiger partial charge on any atom is 0.189 e. The lowest BCUT2D eigenvalue weighted by Gasteiger charge is -2.26. The van der Waals surface area contributed by atoms with Crippen LogP contribution in [0.4, 0.5) is 5.82 Å². The van der Waals surface area contributed by atoms with E-state index in [1.54, 1.807) is 6.07 Å². The molecule has 1 saturated heterocycles. The Hall–Kier alpha value is -2.51. The predicted octanol–water partition coefficient (Wildman–Crippen LogP) is 4.25. The molecule has 1 atom stereocenters. The average Bonchev–Trinajstić information content (AvgIpc) is 3.73. The molecular weight excluding hydrogens is 404 g/mol. The van der Waals surface area contributed by atoms with Gasteiger partial charge in [-0.25, -0.2) is 0 Å². The lowest BCUT2D eigenvalue weighted by Crippen LogP contribution is -2.39. The van der Waals surface area contributed by atoms with E-state index in [4.69, 9.17) is 19.7 Å². The zero-order valence-electron chi connectivity index (χ0n) is 18.7. The first-order chi connectivity index (χ1) is 15.8. The third kappa shape index (κ3) is 4.64. The Morgan fingerprint density at radius 2 is 1.94 bits per heavy atom. The molecule has 2 N–H and O–H groups in total. The van der Waals surface area contributed by atoms with Gasteiger partial charge in [-0.15, -0.1) is 10.2 Å². The van der Waals surface area contributed by atoms with Crippen molar-refractivity contribution < 1.29 is 14.3 Å². The normalized spacial score (nSPS) is 20.7. The summed E-state index contributed by atoms with van der Waals surface area (Å²) in [5, 5.41) is 16.7. The predicted molar refractivity (Wildman–Crippen MR) is 123 cm³/mol. The van der Waals surface area contributed by atoms with Crippen LogP contribution in [0, 0.1) is 0 Å². The number of hydrogen-bond acceptors (Lipinski definition) is 7. The number of rotatable bonds is 10. The molecule has 0 radical (unpaired) electrons. The molecule has 5 rings (SSSR count). The fourth-order valence-electron chi connectivity index (χ4n) is 4.62. The van der Waals surface area contributed by atoms with E-state index in [-0.39, 0.29) is 6.79 Å². The monoisotopic (exact) mass is 436 g/mol. The van der Waals surface area contributed by atoms with E-state index in [0.717, 1.165) is 42.9 Å². The van der Waals surface area contributed by atoms with Crippen molar-refractivity contribution in [3.63, 3.8) is 0 Å². The molecule has 32 heavy (non-hydrogen) atoms. The second-order valence-corrected chi connectivity index (χ2v) is 9.09. The van der Waals surface area contributed by atoms with Crippen molar-refractivity contribution in [2.45, 2.75) is 63.3 Å². The molecule has 2 aromatic rings. The number of benzene rings is 1. The number of aromatic nitrogens is 2. The zero-order valence-corrected chi connectivity index (χ0v) is 18.7.